The first-order chi connectivity index (χ1) is 5.04. The summed E-state index contributed by atoms with van der Waals surface area (Å²) >= 11 is 0. The van der Waals surface area contributed by atoms with E-state index < -0.39 is 5.60 Å². The molecule has 0 spiro atoms. The number of nitrogens with zero attached hydrogens (tertiary/aromatic N) is 1. The molecule has 0 saturated carbocycles. The van der Waals surface area contributed by atoms with E-state index in [9.17, 15) is 5.11 Å². The fourth-order valence-electron chi connectivity index (χ4n) is 0.712. The maximum atomic E-state index is 9.66. The molecule has 0 aliphatic heterocycles. The Kier molecular flexibility index (Phi) is 3.89. The molecule has 0 bridgehead atoms. The third kappa shape index (κ3) is 3.83. The van der Waals surface area contributed by atoms with E-state index in [0.29, 0.717) is 19.4 Å². The molecule has 0 aromatic heterocycles. The van der Waals surface area contributed by atoms with Crippen LogP contribution in [-0.2, 0) is 0 Å². The summed E-state index contributed by atoms with van der Waals surface area (Å²) in [6.45, 7) is 4.11. The van der Waals surface area contributed by atoms with Crippen LogP contribution in [0.4, 0.5) is 0 Å². The minimum Gasteiger partial charge on any atom is -0.388 e. The standard InChI is InChI=1S/C7H17N3O/c1-3-7(11,4-2)5-10-6(8)9/h11H,3-5H2,1-2H3,(H4,8,9,10). The Hall–Kier alpha value is -0.770. The quantitative estimate of drug-likeness (QED) is 0.392. The Bertz CT molecular complexity index is 137. The molecular weight excluding hydrogens is 142 g/mol. The van der Waals surface area contributed by atoms with E-state index >= 15 is 0 Å². The first kappa shape index (κ1) is 10.2. The molecule has 4 heteroatoms. The van der Waals surface area contributed by atoms with Gasteiger partial charge in [0.2, 0.25) is 0 Å². The molecule has 0 rings (SSSR count). The number of nitrogens with two attached hydrogens (primary N) is 2. The van der Waals surface area contributed by atoms with E-state index in [4.69, 9.17) is 11.5 Å². The minimum atomic E-state index is -0.732. The van der Waals surface area contributed by atoms with Gasteiger partial charge in [-0.3, -0.25) is 4.99 Å². The lowest BCUT2D eigenvalue weighted by Gasteiger charge is -2.22. The monoisotopic (exact) mass is 159 g/mol. The van der Waals surface area contributed by atoms with Crippen LogP contribution in [0.1, 0.15) is 26.7 Å². The number of hydrogen-bond acceptors (Lipinski definition) is 2. The van der Waals surface area contributed by atoms with Gasteiger partial charge in [0.1, 0.15) is 0 Å². The number of guanidine groups is 1. The van der Waals surface area contributed by atoms with Gasteiger partial charge >= 0.3 is 0 Å². The Morgan fingerprint density at radius 3 is 2.09 bits per heavy atom. The van der Waals surface area contributed by atoms with Crippen LogP contribution in [0.2, 0.25) is 0 Å². The Balaban J connectivity index is 3.98. The molecule has 66 valence electrons. The van der Waals surface area contributed by atoms with Gasteiger partial charge in [-0.15, -0.1) is 0 Å². The maximum Gasteiger partial charge on any atom is 0.186 e. The number of hydrogen-bond donors (Lipinski definition) is 3. The lowest BCUT2D eigenvalue weighted by Crippen LogP contribution is -2.33. The fourth-order valence-corrected chi connectivity index (χ4v) is 0.712. The molecule has 0 heterocycles. The Morgan fingerprint density at radius 1 is 1.36 bits per heavy atom. The van der Waals surface area contributed by atoms with Crippen molar-refractivity contribution >= 4 is 5.96 Å². The Labute approximate surface area is 67.3 Å². The predicted molar refractivity (Wildman–Crippen MR) is 46.2 cm³/mol. The lowest BCUT2D eigenvalue weighted by molar-refractivity contribution is 0.0419. The highest BCUT2D eigenvalue weighted by Gasteiger charge is 2.20. The third-order valence-electron chi connectivity index (χ3n) is 1.87. The summed E-state index contributed by atoms with van der Waals surface area (Å²) in [7, 11) is 0. The van der Waals surface area contributed by atoms with Crippen LogP contribution in [0.15, 0.2) is 4.99 Å². The zero-order valence-corrected chi connectivity index (χ0v) is 7.17. The highest BCUT2D eigenvalue weighted by Crippen LogP contribution is 2.14. The van der Waals surface area contributed by atoms with Crippen molar-refractivity contribution in [2.24, 2.45) is 16.5 Å². The Morgan fingerprint density at radius 2 is 1.82 bits per heavy atom. The van der Waals surface area contributed by atoms with Crippen LogP contribution < -0.4 is 11.5 Å². The molecule has 0 unspecified atom stereocenters. The minimum absolute atomic E-state index is 0.0327. The van der Waals surface area contributed by atoms with Crippen molar-refractivity contribution in [3.05, 3.63) is 0 Å². The van der Waals surface area contributed by atoms with E-state index in [-0.39, 0.29) is 5.96 Å². The number of aliphatic imine (C=N–C) groups is 1. The van der Waals surface area contributed by atoms with Gasteiger partial charge in [-0.05, 0) is 12.8 Å². The largest absolute Gasteiger partial charge is 0.388 e. The van der Waals surface area contributed by atoms with Crippen LogP contribution in [0, 0.1) is 0 Å². The topological polar surface area (TPSA) is 84.6 Å². The first-order valence-electron chi connectivity index (χ1n) is 3.82. The van der Waals surface area contributed by atoms with Crippen molar-refractivity contribution in [3.63, 3.8) is 0 Å². The van der Waals surface area contributed by atoms with Crippen molar-refractivity contribution in [3.8, 4) is 0 Å². The fraction of sp³-hybridized carbons (Fsp3) is 0.857. The molecule has 0 radical (unpaired) electrons. The summed E-state index contributed by atoms with van der Waals surface area (Å²) < 4.78 is 0. The molecular formula is C7H17N3O. The summed E-state index contributed by atoms with van der Waals surface area (Å²) in [5.41, 5.74) is 9.52. The molecule has 0 aromatic rings. The highest BCUT2D eigenvalue weighted by atomic mass is 16.3. The molecule has 5 N–H and O–H groups in total. The summed E-state index contributed by atoms with van der Waals surface area (Å²) in [6, 6.07) is 0. The van der Waals surface area contributed by atoms with Crippen LogP contribution in [0.5, 0.6) is 0 Å². The van der Waals surface area contributed by atoms with Gasteiger partial charge < -0.3 is 16.6 Å². The number of rotatable bonds is 4. The lowest BCUT2D eigenvalue weighted by atomic mass is 9.98. The normalized spacial score (nSPS) is 11.2. The second-order valence-electron chi connectivity index (χ2n) is 2.67. The van der Waals surface area contributed by atoms with Gasteiger partial charge in [-0.25, -0.2) is 0 Å². The summed E-state index contributed by atoms with van der Waals surface area (Å²) in [5, 5.41) is 9.66. The van der Waals surface area contributed by atoms with E-state index in [2.05, 4.69) is 4.99 Å². The maximum absolute atomic E-state index is 9.66. The van der Waals surface area contributed by atoms with Crippen LogP contribution in [0.3, 0.4) is 0 Å². The van der Waals surface area contributed by atoms with Crippen molar-refractivity contribution in [1.29, 1.82) is 0 Å². The van der Waals surface area contributed by atoms with Crippen molar-refractivity contribution in [2.75, 3.05) is 6.54 Å². The van der Waals surface area contributed by atoms with Crippen LogP contribution >= 0.6 is 0 Å². The zero-order chi connectivity index (χ0) is 8.91. The van der Waals surface area contributed by atoms with Gasteiger partial charge in [-0.2, -0.15) is 0 Å². The van der Waals surface area contributed by atoms with Gasteiger partial charge in [-0.1, -0.05) is 13.8 Å². The zero-order valence-electron chi connectivity index (χ0n) is 7.17. The highest BCUT2D eigenvalue weighted by molar-refractivity contribution is 5.75. The summed E-state index contributed by atoms with van der Waals surface area (Å²) in [5.74, 6) is 0.0327. The molecule has 0 aromatic carbocycles. The first-order valence-corrected chi connectivity index (χ1v) is 3.82. The van der Waals surface area contributed by atoms with Crippen molar-refractivity contribution < 1.29 is 5.11 Å². The van der Waals surface area contributed by atoms with E-state index in [1.54, 1.807) is 0 Å². The van der Waals surface area contributed by atoms with Crippen LogP contribution in [0.25, 0.3) is 0 Å². The SMILES string of the molecule is CCC(O)(CC)CN=C(N)N. The molecule has 0 aliphatic carbocycles. The van der Waals surface area contributed by atoms with Crippen molar-refractivity contribution in [2.45, 2.75) is 32.3 Å². The summed E-state index contributed by atoms with van der Waals surface area (Å²) in [4.78, 5) is 3.76. The molecule has 4 nitrogen and oxygen atoms in total. The molecule has 0 saturated heterocycles. The predicted octanol–water partition coefficient (Wildman–Crippen LogP) is -0.189. The average Bonchev–Trinajstić information content (AvgIpc) is 2.00. The summed E-state index contributed by atoms with van der Waals surface area (Å²) in [6.07, 6.45) is 1.33. The van der Waals surface area contributed by atoms with E-state index in [0.717, 1.165) is 0 Å². The second kappa shape index (κ2) is 4.18. The van der Waals surface area contributed by atoms with Crippen LogP contribution in [-0.4, -0.2) is 23.2 Å². The number of aliphatic hydroxyl groups is 1. The van der Waals surface area contributed by atoms with Gasteiger partial charge in [0.25, 0.3) is 0 Å². The van der Waals surface area contributed by atoms with Gasteiger partial charge in [0.15, 0.2) is 5.96 Å². The molecule has 11 heavy (non-hydrogen) atoms. The van der Waals surface area contributed by atoms with Crippen molar-refractivity contribution in [1.82, 2.24) is 0 Å². The third-order valence-corrected chi connectivity index (χ3v) is 1.87. The van der Waals surface area contributed by atoms with Gasteiger partial charge in [0.05, 0.1) is 12.1 Å². The second-order valence-corrected chi connectivity index (χ2v) is 2.67. The molecule has 0 fully saturated rings. The van der Waals surface area contributed by atoms with E-state index in [1.165, 1.54) is 0 Å². The molecule has 0 amide bonds. The smallest absolute Gasteiger partial charge is 0.186 e. The molecule has 0 atom stereocenters. The van der Waals surface area contributed by atoms with Gasteiger partial charge in [0, 0.05) is 0 Å². The van der Waals surface area contributed by atoms with E-state index in [1.807, 2.05) is 13.8 Å². The average molecular weight is 159 g/mol. The molecule has 0 aliphatic rings.